The molecule has 234 valence electrons. The second-order valence-corrected chi connectivity index (χ2v) is 12.4. The zero-order chi connectivity index (χ0) is 33.0. The third kappa shape index (κ3) is 4.67. The number of fused-ring (bicyclic) bond motifs is 6. The minimum Gasteiger partial charge on any atom is -0.456 e. The van der Waals surface area contributed by atoms with Crippen LogP contribution in [0.15, 0.2) is 173 Å². The first-order chi connectivity index (χ1) is 24.8. The zero-order valence-electron chi connectivity index (χ0n) is 26.7. The quantitative estimate of drug-likeness (QED) is 0.187. The smallest absolute Gasteiger partial charge is 0.167 e. The zero-order valence-corrected chi connectivity index (χ0v) is 26.7. The number of rotatable bonds is 5. The van der Waals surface area contributed by atoms with E-state index in [2.05, 4.69) is 72.8 Å². The van der Waals surface area contributed by atoms with Crippen molar-refractivity contribution in [3.8, 4) is 56.4 Å². The molecule has 7 aromatic carbocycles. The third-order valence-electron chi connectivity index (χ3n) is 9.33. The van der Waals surface area contributed by atoms with Crippen LogP contribution in [-0.4, -0.2) is 15.0 Å². The summed E-state index contributed by atoms with van der Waals surface area (Å²) in [6.07, 6.45) is 0. The maximum Gasteiger partial charge on any atom is 0.167 e. The molecule has 3 aromatic heterocycles. The lowest BCUT2D eigenvalue weighted by molar-refractivity contribution is 0.669. The molecule has 0 N–H and O–H groups in total. The minimum absolute atomic E-state index is 0.561. The van der Waals surface area contributed by atoms with Crippen molar-refractivity contribution in [1.82, 2.24) is 15.0 Å². The van der Waals surface area contributed by atoms with Crippen LogP contribution in [0.4, 0.5) is 0 Å². The first kappa shape index (κ1) is 28.2. The minimum atomic E-state index is 0.561. The number of nitrogens with zero attached hydrogens (tertiary/aromatic N) is 3. The highest BCUT2D eigenvalue weighted by Gasteiger charge is 2.19. The Morgan fingerprint density at radius 1 is 0.320 bits per heavy atom. The molecule has 0 aliphatic carbocycles. The topological polar surface area (TPSA) is 65.0 Å². The lowest BCUT2D eigenvalue weighted by atomic mass is 9.94. The first-order valence-electron chi connectivity index (χ1n) is 16.6. The van der Waals surface area contributed by atoms with Crippen LogP contribution in [-0.2, 0) is 0 Å². The molecule has 0 aliphatic rings. The molecule has 0 aliphatic heterocycles. The summed E-state index contributed by atoms with van der Waals surface area (Å²) >= 11 is 0. The molecular formula is C45H27N3O2. The Kier molecular flexibility index (Phi) is 6.42. The second kappa shape index (κ2) is 11.4. The van der Waals surface area contributed by atoms with Crippen LogP contribution in [0.25, 0.3) is 100 Å². The number of furan rings is 2. The highest BCUT2D eigenvalue weighted by Crippen LogP contribution is 2.42. The van der Waals surface area contributed by atoms with Gasteiger partial charge in [0.15, 0.2) is 17.5 Å². The van der Waals surface area contributed by atoms with Gasteiger partial charge in [0.2, 0.25) is 0 Å². The average Bonchev–Trinajstić information content (AvgIpc) is 3.76. The van der Waals surface area contributed by atoms with E-state index in [0.717, 1.165) is 82.8 Å². The molecule has 0 saturated heterocycles. The van der Waals surface area contributed by atoms with Crippen molar-refractivity contribution in [2.24, 2.45) is 0 Å². The van der Waals surface area contributed by atoms with E-state index >= 15 is 0 Å². The number of aromatic nitrogens is 3. The van der Waals surface area contributed by atoms with Crippen molar-refractivity contribution in [3.05, 3.63) is 164 Å². The van der Waals surface area contributed by atoms with Gasteiger partial charge in [0.05, 0.1) is 5.56 Å². The summed E-state index contributed by atoms with van der Waals surface area (Å²) in [6, 6.07) is 55.7. The fourth-order valence-electron chi connectivity index (χ4n) is 6.95. The maximum atomic E-state index is 6.60. The monoisotopic (exact) mass is 641 g/mol. The van der Waals surface area contributed by atoms with E-state index in [9.17, 15) is 0 Å². The van der Waals surface area contributed by atoms with Crippen LogP contribution in [0, 0.1) is 0 Å². The summed E-state index contributed by atoms with van der Waals surface area (Å²) in [5, 5.41) is 4.25. The lowest BCUT2D eigenvalue weighted by Gasteiger charge is -2.09. The molecule has 0 atom stereocenters. The molecule has 0 amide bonds. The first-order valence-corrected chi connectivity index (χ1v) is 16.6. The molecule has 50 heavy (non-hydrogen) atoms. The summed E-state index contributed by atoms with van der Waals surface area (Å²) < 4.78 is 13.0. The van der Waals surface area contributed by atoms with Gasteiger partial charge in [-0.25, -0.2) is 15.0 Å². The van der Waals surface area contributed by atoms with Gasteiger partial charge in [-0.2, -0.15) is 0 Å². The van der Waals surface area contributed by atoms with Gasteiger partial charge in [-0.3, -0.25) is 0 Å². The molecule has 5 heteroatoms. The molecule has 0 bridgehead atoms. The number of hydrogen-bond donors (Lipinski definition) is 0. The molecule has 0 radical (unpaired) electrons. The summed E-state index contributed by atoms with van der Waals surface area (Å²) in [5.41, 5.74) is 10.4. The van der Waals surface area contributed by atoms with E-state index in [1.807, 2.05) is 91.0 Å². The van der Waals surface area contributed by atoms with Crippen LogP contribution in [0.5, 0.6) is 0 Å². The fraction of sp³-hybridized carbons (Fsp3) is 0. The third-order valence-corrected chi connectivity index (χ3v) is 9.33. The van der Waals surface area contributed by atoms with E-state index in [1.54, 1.807) is 0 Å². The van der Waals surface area contributed by atoms with Gasteiger partial charge in [-0.1, -0.05) is 127 Å². The summed E-state index contributed by atoms with van der Waals surface area (Å²) in [6.45, 7) is 0. The van der Waals surface area contributed by atoms with E-state index in [4.69, 9.17) is 23.8 Å². The highest BCUT2D eigenvalue weighted by atomic mass is 16.3. The van der Waals surface area contributed by atoms with Crippen molar-refractivity contribution in [2.45, 2.75) is 0 Å². The molecule has 0 saturated carbocycles. The molecular weight excluding hydrogens is 615 g/mol. The standard InChI is InChI=1S/C45H27N3O2/c1-4-13-28(14-5-1)36-26-32(27-40-41(36)34-19-10-11-22-38(34)49-40)31-23-24-39-37(25-31)33-20-12-21-35(42(33)50-39)45-47-43(29-15-6-2-7-16-29)46-44(48-45)30-17-8-3-9-18-30/h1-27H. The van der Waals surface area contributed by atoms with Crippen molar-refractivity contribution in [2.75, 3.05) is 0 Å². The highest BCUT2D eigenvalue weighted by molar-refractivity contribution is 6.14. The van der Waals surface area contributed by atoms with Gasteiger partial charge in [-0.05, 0) is 58.7 Å². The largest absolute Gasteiger partial charge is 0.456 e. The Hall–Kier alpha value is -6.85. The molecule has 3 heterocycles. The number of benzene rings is 7. The van der Waals surface area contributed by atoms with E-state index in [1.165, 1.54) is 0 Å². The van der Waals surface area contributed by atoms with E-state index < -0.39 is 0 Å². The fourth-order valence-corrected chi connectivity index (χ4v) is 6.95. The van der Waals surface area contributed by atoms with Gasteiger partial charge < -0.3 is 8.83 Å². The molecule has 10 aromatic rings. The van der Waals surface area contributed by atoms with Gasteiger partial charge in [0.25, 0.3) is 0 Å². The maximum absolute atomic E-state index is 6.60. The second-order valence-electron chi connectivity index (χ2n) is 12.4. The van der Waals surface area contributed by atoms with Crippen LogP contribution >= 0.6 is 0 Å². The summed E-state index contributed by atoms with van der Waals surface area (Å²) in [7, 11) is 0. The SMILES string of the molecule is c1ccc(-c2nc(-c3ccccc3)nc(-c3cccc4c3oc3ccc(-c5cc(-c6ccccc6)c6c(c5)oc5ccccc56)cc34)n2)cc1. The molecule has 0 fully saturated rings. The lowest BCUT2D eigenvalue weighted by Crippen LogP contribution is -2.00. The van der Waals surface area contributed by atoms with Gasteiger partial charge >= 0.3 is 0 Å². The van der Waals surface area contributed by atoms with E-state index in [-0.39, 0.29) is 0 Å². The Labute approximate surface area is 287 Å². The predicted octanol–water partition coefficient (Wildman–Crippen LogP) is 12.0. The Balaban J connectivity index is 1.15. The average molecular weight is 642 g/mol. The van der Waals surface area contributed by atoms with Crippen LogP contribution < -0.4 is 0 Å². The molecule has 0 unspecified atom stereocenters. The van der Waals surface area contributed by atoms with Crippen molar-refractivity contribution in [1.29, 1.82) is 0 Å². The summed E-state index contributed by atoms with van der Waals surface area (Å²) in [5.74, 6) is 1.78. The van der Waals surface area contributed by atoms with Crippen LogP contribution in [0.3, 0.4) is 0 Å². The normalized spacial score (nSPS) is 11.6. The Morgan fingerprint density at radius 2 is 0.920 bits per heavy atom. The molecule has 10 rings (SSSR count). The van der Waals surface area contributed by atoms with Gasteiger partial charge in [0.1, 0.15) is 22.3 Å². The Morgan fingerprint density at radius 3 is 1.64 bits per heavy atom. The van der Waals surface area contributed by atoms with Gasteiger partial charge in [-0.15, -0.1) is 0 Å². The summed E-state index contributed by atoms with van der Waals surface area (Å²) in [4.78, 5) is 14.8. The van der Waals surface area contributed by atoms with Crippen molar-refractivity contribution < 1.29 is 8.83 Å². The number of para-hydroxylation sites is 2. The van der Waals surface area contributed by atoms with E-state index in [0.29, 0.717) is 17.5 Å². The van der Waals surface area contributed by atoms with Crippen LogP contribution in [0.2, 0.25) is 0 Å². The molecule has 0 spiro atoms. The molecule has 5 nitrogen and oxygen atoms in total. The van der Waals surface area contributed by atoms with Crippen molar-refractivity contribution >= 4 is 43.9 Å². The Bertz CT molecular complexity index is 2800. The van der Waals surface area contributed by atoms with Gasteiger partial charge in [0, 0.05) is 32.7 Å². The van der Waals surface area contributed by atoms with Crippen molar-refractivity contribution in [3.63, 3.8) is 0 Å². The number of hydrogen-bond acceptors (Lipinski definition) is 5. The van der Waals surface area contributed by atoms with Crippen LogP contribution in [0.1, 0.15) is 0 Å². The predicted molar refractivity (Wildman–Crippen MR) is 202 cm³/mol.